The minimum absolute atomic E-state index is 0.0742. The zero-order valence-corrected chi connectivity index (χ0v) is 20.0. The predicted molar refractivity (Wildman–Crippen MR) is 136 cm³/mol. The highest BCUT2D eigenvalue weighted by atomic mass is 16.1. The number of nitrogens with zero attached hydrogens (tertiary/aromatic N) is 4. The van der Waals surface area contributed by atoms with Gasteiger partial charge in [-0.15, -0.1) is 0 Å². The highest BCUT2D eigenvalue weighted by molar-refractivity contribution is 6.01. The molecule has 0 aliphatic rings. The zero-order chi connectivity index (χ0) is 24.2. The smallest absolute Gasteiger partial charge is 0.328 e. The maximum Gasteiger partial charge on any atom is 0.328 e. The van der Waals surface area contributed by atoms with Crippen molar-refractivity contribution in [3.63, 3.8) is 0 Å². The Morgan fingerprint density at radius 1 is 1.06 bits per heavy atom. The first-order chi connectivity index (χ1) is 16.1. The molecule has 3 aromatic rings. The standard InChI is InChI=1S/C24H32N6O.CH5N/c1-3-5-8-20-17-29(15-6-4-2)24(31)30(20)16-18-10-12-19(13-11-18)21-9-7-14-27-22(21)23(25)28-26;1-2/h7,9-14,17H,3-6,8,15-16,26H2,1-2H3,(H2,25,28);2H2,1H3. The summed E-state index contributed by atoms with van der Waals surface area (Å²) in [6.45, 7) is 5.64. The van der Waals surface area contributed by atoms with Gasteiger partial charge in [0.15, 0.2) is 5.84 Å². The summed E-state index contributed by atoms with van der Waals surface area (Å²) in [5.74, 6) is 5.54. The SMILES string of the molecule is CCCCc1cn(CCCC)c(=O)n1Cc1ccc(-c2cccnc2/C(N)=N/N)cc1.CN. The molecule has 33 heavy (non-hydrogen) atoms. The minimum atomic E-state index is 0.0742. The molecule has 0 saturated heterocycles. The molecule has 2 aromatic heterocycles. The quantitative estimate of drug-likeness (QED) is 0.189. The third-order valence-electron chi connectivity index (χ3n) is 5.46. The average Bonchev–Trinajstić information content (AvgIpc) is 3.16. The second-order valence-electron chi connectivity index (χ2n) is 7.75. The van der Waals surface area contributed by atoms with Crippen LogP contribution in [-0.4, -0.2) is 27.0 Å². The van der Waals surface area contributed by atoms with E-state index in [4.69, 9.17) is 11.6 Å². The number of imidazole rings is 1. The van der Waals surface area contributed by atoms with Crippen molar-refractivity contribution in [2.45, 2.75) is 59.0 Å². The number of hydrogen-bond donors (Lipinski definition) is 3. The second-order valence-corrected chi connectivity index (χ2v) is 7.75. The summed E-state index contributed by atoms with van der Waals surface area (Å²) in [5, 5.41) is 3.58. The molecule has 0 saturated carbocycles. The fourth-order valence-electron chi connectivity index (χ4n) is 3.67. The summed E-state index contributed by atoms with van der Waals surface area (Å²) in [6, 6.07) is 11.9. The molecule has 1 aromatic carbocycles. The van der Waals surface area contributed by atoms with Gasteiger partial charge in [-0.25, -0.2) is 4.79 Å². The Bertz CT molecular complexity index is 1080. The van der Waals surface area contributed by atoms with Gasteiger partial charge in [0.2, 0.25) is 0 Å². The molecule has 0 atom stereocenters. The average molecular weight is 452 g/mol. The Hall–Kier alpha value is -3.39. The number of aryl methyl sites for hydroxylation is 2. The van der Waals surface area contributed by atoms with E-state index in [1.165, 1.54) is 7.05 Å². The van der Waals surface area contributed by atoms with E-state index in [0.717, 1.165) is 61.0 Å². The molecule has 0 radical (unpaired) electrons. The van der Waals surface area contributed by atoms with Gasteiger partial charge in [0.1, 0.15) is 5.69 Å². The van der Waals surface area contributed by atoms with Crippen molar-refractivity contribution >= 4 is 5.84 Å². The van der Waals surface area contributed by atoms with E-state index in [-0.39, 0.29) is 11.5 Å². The summed E-state index contributed by atoms with van der Waals surface area (Å²) in [7, 11) is 1.50. The van der Waals surface area contributed by atoms with E-state index in [0.29, 0.717) is 12.2 Å². The molecule has 0 fully saturated rings. The Morgan fingerprint density at radius 3 is 2.39 bits per heavy atom. The molecule has 0 aliphatic heterocycles. The van der Waals surface area contributed by atoms with Crippen LogP contribution in [0.25, 0.3) is 11.1 Å². The number of unbranched alkanes of at least 4 members (excludes halogenated alkanes) is 2. The van der Waals surface area contributed by atoms with Crippen LogP contribution in [0, 0.1) is 0 Å². The van der Waals surface area contributed by atoms with Crippen LogP contribution in [-0.2, 0) is 19.5 Å². The van der Waals surface area contributed by atoms with Crippen LogP contribution in [0.5, 0.6) is 0 Å². The largest absolute Gasteiger partial charge is 0.380 e. The van der Waals surface area contributed by atoms with Gasteiger partial charge in [0.05, 0.1) is 6.54 Å². The second kappa shape index (κ2) is 13.2. The zero-order valence-electron chi connectivity index (χ0n) is 20.0. The molecule has 0 aliphatic carbocycles. The summed E-state index contributed by atoms with van der Waals surface area (Å²) >= 11 is 0. The van der Waals surface area contributed by atoms with E-state index in [1.807, 2.05) is 51.7 Å². The van der Waals surface area contributed by atoms with Crippen molar-refractivity contribution in [2.24, 2.45) is 22.4 Å². The van der Waals surface area contributed by atoms with E-state index in [2.05, 4.69) is 29.7 Å². The molecule has 0 amide bonds. The van der Waals surface area contributed by atoms with Gasteiger partial charge in [-0.2, -0.15) is 5.10 Å². The molecule has 2 heterocycles. The first kappa shape index (κ1) is 25.9. The number of aromatic nitrogens is 3. The lowest BCUT2D eigenvalue weighted by Gasteiger charge is -2.10. The van der Waals surface area contributed by atoms with Gasteiger partial charge in [-0.05, 0) is 43.5 Å². The number of hydrazone groups is 1. The number of rotatable bonds is 10. The molecule has 178 valence electrons. The third-order valence-corrected chi connectivity index (χ3v) is 5.46. The van der Waals surface area contributed by atoms with Crippen LogP contribution in [0.1, 0.15) is 56.5 Å². The van der Waals surface area contributed by atoms with Gasteiger partial charge in [-0.1, -0.05) is 57.0 Å². The molecule has 0 spiro atoms. The molecule has 0 bridgehead atoms. The Balaban J connectivity index is 0.00000187. The highest BCUT2D eigenvalue weighted by Crippen LogP contribution is 2.23. The molecular formula is C25H37N7O. The molecule has 8 heteroatoms. The fraction of sp³-hybridized carbons (Fsp3) is 0.400. The lowest BCUT2D eigenvalue weighted by atomic mass is 10.0. The first-order valence-corrected chi connectivity index (χ1v) is 11.5. The van der Waals surface area contributed by atoms with Crippen molar-refractivity contribution in [3.05, 3.63) is 76.2 Å². The lowest BCUT2D eigenvalue weighted by molar-refractivity contribution is 0.591. The van der Waals surface area contributed by atoms with Crippen LogP contribution in [0.3, 0.4) is 0 Å². The maximum absolute atomic E-state index is 13.0. The molecule has 8 nitrogen and oxygen atoms in total. The van der Waals surface area contributed by atoms with Crippen molar-refractivity contribution in [1.82, 2.24) is 14.1 Å². The number of amidine groups is 1. The number of nitrogens with two attached hydrogens (primary N) is 3. The normalized spacial score (nSPS) is 11.2. The topological polar surface area (TPSA) is 130 Å². The Labute approximate surface area is 196 Å². The monoisotopic (exact) mass is 451 g/mol. The summed E-state index contributed by atoms with van der Waals surface area (Å²) in [4.78, 5) is 17.3. The van der Waals surface area contributed by atoms with Gasteiger partial charge >= 0.3 is 5.69 Å². The van der Waals surface area contributed by atoms with Gasteiger partial charge < -0.3 is 17.3 Å². The summed E-state index contributed by atoms with van der Waals surface area (Å²) in [6.07, 6.45) is 8.88. The van der Waals surface area contributed by atoms with Crippen LogP contribution in [0.4, 0.5) is 0 Å². The fourth-order valence-corrected chi connectivity index (χ4v) is 3.67. The third kappa shape index (κ3) is 6.55. The van der Waals surface area contributed by atoms with Crippen LogP contribution in [0.2, 0.25) is 0 Å². The Kier molecular flexibility index (Phi) is 10.4. The lowest BCUT2D eigenvalue weighted by Crippen LogP contribution is -2.25. The Morgan fingerprint density at radius 2 is 1.76 bits per heavy atom. The van der Waals surface area contributed by atoms with Crippen LogP contribution >= 0.6 is 0 Å². The maximum atomic E-state index is 13.0. The molecule has 0 unspecified atom stereocenters. The van der Waals surface area contributed by atoms with E-state index < -0.39 is 0 Å². The molecule has 3 rings (SSSR count). The summed E-state index contributed by atoms with van der Waals surface area (Å²) < 4.78 is 3.77. The highest BCUT2D eigenvalue weighted by Gasteiger charge is 2.13. The minimum Gasteiger partial charge on any atom is -0.380 e. The van der Waals surface area contributed by atoms with Gasteiger partial charge in [0, 0.05) is 30.2 Å². The molecular weight excluding hydrogens is 414 g/mol. The number of pyridine rings is 1. The van der Waals surface area contributed by atoms with Gasteiger partial charge in [-0.3, -0.25) is 14.1 Å². The van der Waals surface area contributed by atoms with E-state index in [1.54, 1.807) is 6.20 Å². The summed E-state index contributed by atoms with van der Waals surface area (Å²) in [5.41, 5.74) is 15.0. The van der Waals surface area contributed by atoms with Crippen LogP contribution in [0.15, 0.2) is 58.7 Å². The number of benzene rings is 1. The van der Waals surface area contributed by atoms with Crippen molar-refractivity contribution in [1.29, 1.82) is 0 Å². The van der Waals surface area contributed by atoms with Gasteiger partial charge in [0.25, 0.3) is 0 Å². The first-order valence-electron chi connectivity index (χ1n) is 11.5. The predicted octanol–water partition coefficient (Wildman–Crippen LogP) is 3.06. The number of hydrogen-bond acceptors (Lipinski definition) is 5. The van der Waals surface area contributed by atoms with Crippen molar-refractivity contribution in [2.75, 3.05) is 7.05 Å². The van der Waals surface area contributed by atoms with E-state index >= 15 is 0 Å². The van der Waals surface area contributed by atoms with Crippen LogP contribution < -0.4 is 23.0 Å². The molecule has 6 N–H and O–H groups in total. The van der Waals surface area contributed by atoms with E-state index in [9.17, 15) is 4.79 Å². The van der Waals surface area contributed by atoms with Crippen molar-refractivity contribution < 1.29 is 0 Å². The van der Waals surface area contributed by atoms with Crippen molar-refractivity contribution in [3.8, 4) is 11.1 Å².